The molecule has 0 aromatic rings. The quantitative estimate of drug-likeness (QED) is 0.613. The van der Waals surface area contributed by atoms with Crippen molar-refractivity contribution >= 4 is 37.9 Å². The van der Waals surface area contributed by atoms with Crippen LogP contribution in [0.5, 0.6) is 0 Å². The number of hydrogen-bond acceptors (Lipinski definition) is 4. The van der Waals surface area contributed by atoms with Gasteiger partial charge in [0.1, 0.15) is 6.10 Å². The van der Waals surface area contributed by atoms with Crippen LogP contribution in [0, 0.1) is 5.92 Å². The van der Waals surface area contributed by atoms with E-state index in [2.05, 4.69) is 37.9 Å². The van der Waals surface area contributed by atoms with E-state index >= 15 is 0 Å². The summed E-state index contributed by atoms with van der Waals surface area (Å²) in [4.78, 5) is 0. The van der Waals surface area contributed by atoms with Crippen LogP contribution >= 0.6 is 37.9 Å². The van der Waals surface area contributed by atoms with Gasteiger partial charge >= 0.3 is 0 Å². The molecule has 0 rings (SSSR count). The van der Waals surface area contributed by atoms with Gasteiger partial charge < -0.3 is 18.1 Å². The summed E-state index contributed by atoms with van der Waals surface area (Å²) in [6, 6.07) is 0. The van der Waals surface area contributed by atoms with E-state index in [1.807, 2.05) is 13.8 Å². The Morgan fingerprint density at radius 3 is 1.81 bits per heavy atom. The van der Waals surface area contributed by atoms with E-state index < -0.39 is 0 Å². The fourth-order valence-corrected chi connectivity index (χ4v) is 2.97. The molecule has 0 heterocycles. The van der Waals surface area contributed by atoms with Crippen LogP contribution in [0.1, 0.15) is 20.3 Å². The molecule has 0 N–H and O–H groups in total. The Morgan fingerprint density at radius 2 is 1.50 bits per heavy atom. The lowest BCUT2D eigenvalue weighted by molar-refractivity contribution is -0.0290. The first-order valence-electron chi connectivity index (χ1n) is 5.04. The largest absolute Gasteiger partial charge is 0.365 e. The van der Waals surface area contributed by atoms with Gasteiger partial charge in [-0.1, -0.05) is 13.8 Å². The van der Waals surface area contributed by atoms with Crippen LogP contribution < -0.4 is 0 Å². The van der Waals surface area contributed by atoms with Crippen molar-refractivity contribution < 1.29 is 18.1 Å². The van der Waals surface area contributed by atoms with Crippen LogP contribution in [0.4, 0.5) is 0 Å². The monoisotopic (exact) mass is 306 g/mol. The van der Waals surface area contributed by atoms with Crippen LogP contribution in [-0.4, -0.2) is 24.9 Å². The van der Waals surface area contributed by atoms with E-state index in [0.29, 0.717) is 6.61 Å². The highest BCUT2D eigenvalue weighted by atomic mass is 31.0. The van der Waals surface area contributed by atoms with Crippen molar-refractivity contribution in [2.75, 3.05) is 6.61 Å². The average molecular weight is 306 g/mol. The van der Waals surface area contributed by atoms with Gasteiger partial charge in [0, 0.05) is 43.8 Å². The summed E-state index contributed by atoms with van der Waals surface area (Å²) >= 11 is 0. The third kappa shape index (κ3) is 5.47. The van der Waals surface area contributed by atoms with Gasteiger partial charge in [0.25, 0.3) is 0 Å². The summed E-state index contributed by atoms with van der Waals surface area (Å²) in [5.74, 6) is 0.203. The molecule has 8 heteroatoms. The minimum atomic E-state index is -0.153. The van der Waals surface area contributed by atoms with Crippen LogP contribution in [0.15, 0.2) is 0 Å². The average Bonchev–Trinajstić information content (AvgIpc) is 2.29. The van der Waals surface area contributed by atoms with Crippen molar-refractivity contribution in [3.63, 3.8) is 0 Å². The highest BCUT2D eigenvalue weighted by Gasteiger charge is 2.33. The van der Waals surface area contributed by atoms with E-state index in [4.69, 9.17) is 18.1 Å². The molecule has 4 unspecified atom stereocenters. The number of hydrogen-bond donors (Lipinski definition) is 0. The smallest absolute Gasteiger partial charge is 0.114 e. The maximum atomic E-state index is 5.40. The molecular formula is C8H22O4P4. The van der Waals surface area contributed by atoms with Gasteiger partial charge in [-0.2, -0.15) is 0 Å². The second kappa shape index (κ2) is 10.5. The molecule has 0 aliphatic heterocycles. The second-order valence-electron chi connectivity index (χ2n) is 3.59. The Labute approximate surface area is 107 Å². The van der Waals surface area contributed by atoms with Crippen molar-refractivity contribution in [1.82, 2.24) is 0 Å². The van der Waals surface area contributed by atoms with E-state index in [0.717, 1.165) is 6.42 Å². The fourth-order valence-electron chi connectivity index (χ4n) is 1.56. The van der Waals surface area contributed by atoms with Crippen LogP contribution in [0.3, 0.4) is 0 Å². The molecule has 0 fully saturated rings. The van der Waals surface area contributed by atoms with E-state index in [-0.39, 0.29) is 24.2 Å². The predicted molar refractivity (Wildman–Crippen MR) is 78.9 cm³/mol. The molecule has 16 heavy (non-hydrogen) atoms. The Kier molecular flexibility index (Phi) is 11.5. The molecule has 0 spiro atoms. The first-order chi connectivity index (χ1) is 7.65. The molecule has 0 aliphatic carbocycles. The first kappa shape index (κ1) is 17.6. The molecule has 0 bridgehead atoms. The summed E-state index contributed by atoms with van der Waals surface area (Å²) in [6.45, 7) is 4.68. The third-order valence-corrected chi connectivity index (χ3v) is 3.67. The molecule has 0 radical (unpaired) electrons. The van der Waals surface area contributed by atoms with E-state index in [1.54, 1.807) is 0 Å². The SMILES string of the molecule is CC[C@H](OP)[C@@H](OP)[C@H](OP)[C@H](C)COP. The molecule has 0 saturated carbocycles. The molecular weight excluding hydrogens is 284 g/mol. The van der Waals surface area contributed by atoms with Crippen molar-refractivity contribution in [2.45, 2.75) is 38.6 Å². The molecule has 8 atom stereocenters. The molecule has 4 nitrogen and oxygen atoms in total. The zero-order chi connectivity index (χ0) is 12.6. The topological polar surface area (TPSA) is 36.9 Å². The predicted octanol–water partition coefficient (Wildman–Crippen LogP) is 2.37. The molecule has 0 aromatic heterocycles. The zero-order valence-corrected chi connectivity index (χ0v) is 14.3. The van der Waals surface area contributed by atoms with Gasteiger partial charge in [0.2, 0.25) is 0 Å². The Bertz CT molecular complexity index is 170. The third-order valence-electron chi connectivity index (χ3n) is 2.50. The summed E-state index contributed by atoms with van der Waals surface area (Å²) in [7, 11) is 9.07. The van der Waals surface area contributed by atoms with Crippen LogP contribution in [0.2, 0.25) is 0 Å². The molecule has 0 aliphatic rings. The van der Waals surface area contributed by atoms with Crippen molar-refractivity contribution in [3.8, 4) is 0 Å². The maximum Gasteiger partial charge on any atom is 0.114 e. The second-order valence-corrected chi connectivity index (χ2v) is 4.74. The summed E-state index contributed by atoms with van der Waals surface area (Å²) < 4.78 is 21.1. The normalized spacial score (nSPS) is 19.1. The highest BCUT2D eigenvalue weighted by molar-refractivity contribution is 7.10. The highest BCUT2D eigenvalue weighted by Crippen LogP contribution is 2.26. The Morgan fingerprint density at radius 1 is 0.938 bits per heavy atom. The summed E-state index contributed by atoms with van der Waals surface area (Å²) in [6.07, 6.45) is 0.565. The van der Waals surface area contributed by atoms with Crippen molar-refractivity contribution in [3.05, 3.63) is 0 Å². The Hall–Kier alpha value is 1.56. The van der Waals surface area contributed by atoms with Gasteiger partial charge in [0.15, 0.2) is 0 Å². The van der Waals surface area contributed by atoms with Gasteiger partial charge in [-0.3, -0.25) is 0 Å². The molecule has 0 saturated heterocycles. The van der Waals surface area contributed by atoms with E-state index in [9.17, 15) is 0 Å². The van der Waals surface area contributed by atoms with E-state index in [1.165, 1.54) is 0 Å². The molecule has 0 amide bonds. The van der Waals surface area contributed by atoms with Gasteiger partial charge in [-0.15, -0.1) is 0 Å². The van der Waals surface area contributed by atoms with Crippen molar-refractivity contribution in [1.29, 1.82) is 0 Å². The zero-order valence-electron chi connectivity index (χ0n) is 9.67. The molecule has 0 aromatic carbocycles. The van der Waals surface area contributed by atoms with Crippen LogP contribution in [0.25, 0.3) is 0 Å². The minimum absolute atomic E-state index is 0.0278. The molecule has 98 valence electrons. The van der Waals surface area contributed by atoms with Crippen molar-refractivity contribution in [2.24, 2.45) is 5.92 Å². The lowest BCUT2D eigenvalue weighted by Gasteiger charge is -2.33. The number of rotatable bonds is 9. The standard InChI is InChI=1S/C8H22O4P4/c1-3-6(10-14)8(12-16)7(11-15)5(2)4-9-13/h5-8H,3-4,13-16H2,1-2H3/t5-,6+,7-,8-/m1/s1. The maximum absolute atomic E-state index is 5.40. The van der Waals surface area contributed by atoms with Gasteiger partial charge in [-0.25, -0.2) is 0 Å². The Balaban J connectivity index is 4.59. The lowest BCUT2D eigenvalue weighted by atomic mass is 9.96. The summed E-state index contributed by atoms with van der Waals surface area (Å²) in [5, 5.41) is 0. The fraction of sp³-hybridized carbons (Fsp3) is 1.00. The summed E-state index contributed by atoms with van der Waals surface area (Å²) in [5.41, 5.74) is 0. The first-order valence-corrected chi connectivity index (χ1v) is 6.93. The van der Waals surface area contributed by atoms with Crippen LogP contribution in [-0.2, 0) is 18.1 Å². The lowest BCUT2D eigenvalue weighted by Crippen LogP contribution is -2.43. The van der Waals surface area contributed by atoms with Gasteiger partial charge in [-0.05, 0) is 6.42 Å². The minimum Gasteiger partial charge on any atom is -0.365 e. The van der Waals surface area contributed by atoms with Gasteiger partial charge in [0.05, 0.1) is 18.8 Å².